The molecule has 0 radical (unpaired) electrons. The molecule has 0 bridgehead atoms. The van der Waals surface area contributed by atoms with E-state index >= 15 is 0 Å². The van der Waals surface area contributed by atoms with Crippen molar-refractivity contribution in [3.63, 3.8) is 0 Å². The van der Waals surface area contributed by atoms with Gasteiger partial charge in [-0.25, -0.2) is 4.99 Å². The van der Waals surface area contributed by atoms with Crippen molar-refractivity contribution in [3.8, 4) is 17.2 Å². The van der Waals surface area contributed by atoms with Gasteiger partial charge in [0.15, 0.2) is 11.5 Å². The highest BCUT2D eigenvalue weighted by atomic mass is 16.5. The van der Waals surface area contributed by atoms with Crippen LogP contribution >= 0.6 is 0 Å². The highest BCUT2D eigenvalue weighted by molar-refractivity contribution is 5.97. The molecular formula is C21H34N4O3. The SMILES string of the molecule is CCCCCCCCOc1c(OC)cc(CC2CN=C(N)N=C2N)cc1OC. The van der Waals surface area contributed by atoms with E-state index in [-0.39, 0.29) is 11.9 Å². The Hall–Kier alpha value is -2.44. The van der Waals surface area contributed by atoms with Crippen LogP contribution in [0.5, 0.6) is 17.2 Å². The predicted molar refractivity (Wildman–Crippen MR) is 114 cm³/mol. The Morgan fingerprint density at radius 1 is 1.00 bits per heavy atom. The lowest BCUT2D eigenvalue weighted by Gasteiger charge is -2.20. The second kappa shape index (κ2) is 11.4. The van der Waals surface area contributed by atoms with E-state index in [4.69, 9.17) is 25.7 Å². The van der Waals surface area contributed by atoms with Crippen molar-refractivity contribution >= 4 is 11.8 Å². The van der Waals surface area contributed by atoms with Crippen LogP contribution in [-0.4, -0.2) is 39.2 Å². The number of guanidine groups is 1. The van der Waals surface area contributed by atoms with Crippen LogP contribution < -0.4 is 25.7 Å². The molecule has 0 spiro atoms. The average molecular weight is 391 g/mol. The zero-order valence-corrected chi connectivity index (χ0v) is 17.4. The number of hydrogen-bond acceptors (Lipinski definition) is 7. The van der Waals surface area contributed by atoms with E-state index in [1.807, 2.05) is 12.1 Å². The maximum Gasteiger partial charge on any atom is 0.217 e. The van der Waals surface area contributed by atoms with E-state index < -0.39 is 0 Å². The fourth-order valence-electron chi connectivity index (χ4n) is 3.26. The number of nitrogens with two attached hydrogens (primary N) is 2. The van der Waals surface area contributed by atoms with Gasteiger partial charge in [-0.1, -0.05) is 39.0 Å². The first-order valence-corrected chi connectivity index (χ1v) is 10.1. The quantitative estimate of drug-likeness (QED) is 0.533. The molecule has 28 heavy (non-hydrogen) atoms. The summed E-state index contributed by atoms with van der Waals surface area (Å²) < 4.78 is 17.1. The summed E-state index contributed by atoms with van der Waals surface area (Å²) in [6.07, 6.45) is 7.98. The number of hydrogen-bond donors (Lipinski definition) is 2. The number of ether oxygens (including phenoxy) is 3. The first kappa shape index (κ1) is 21.9. The zero-order valence-electron chi connectivity index (χ0n) is 17.4. The van der Waals surface area contributed by atoms with Gasteiger partial charge in [-0.2, -0.15) is 0 Å². The third-order valence-corrected chi connectivity index (χ3v) is 4.88. The third kappa shape index (κ3) is 6.32. The minimum atomic E-state index is 0.0107. The van der Waals surface area contributed by atoms with Crippen LogP contribution in [0.2, 0.25) is 0 Å². The molecule has 0 saturated heterocycles. The Morgan fingerprint density at radius 3 is 2.25 bits per heavy atom. The molecule has 7 heteroatoms. The lowest BCUT2D eigenvalue weighted by Crippen LogP contribution is -2.34. The molecule has 1 aliphatic heterocycles. The van der Waals surface area contributed by atoms with Gasteiger partial charge < -0.3 is 25.7 Å². The predicted octanol–water partition coefficient (Wildman–Crippen LogP) is 3.29. The average Bonchev–Trinajstić information content (AvgIpc) is 2.69. The van der Waals surface area contributed by atoms with Gasteiger partial charge in [0.25, 0.3) is 0 Å². The molecule has 7 nitrogen and oxygen atoms in total. The molecule has 4 N–H and O–H groups in total. The summed E-state index contributed by atoms with van der Waals surface area (Å²) in [5.41, 5.74) is 12.7. The van der Waals surface area contributed by atoms with Crippen molar-refractivity contribution in [3.05, 3.63) is 17.7 Å². The second-order valence-electron chi connectivity index (χ2n) is 7.08. The van der Waals surface area contributed by atoms with Gasteiger partial charge in [0.1, 0.15) is 5.84 Å². The molecule has 2 rings (SSSR count). The van der Waals surface area contributed by atoms with E-state index in [0.717, 1.165) is 12.0 Å². The molecule has 1 aromatic rings. The molecule has 1 unspecified atom stereocenters. The molecule has 1 atom stereocenters. The van der Waals surface area contributed by atoms with E-state index in [1.165, 1.54) is 32.1 Å². The molecular weight excluding hydrogens is 356 g/mol. The van der Waals surface area contributed by atoms with Crippen molar-refractivity contribution in [2.45, 2.75) is 51.9 Å². The summed E-state index contributed by atoms with van der Waals surface area (Å²) in [5.74, 6) is 2.73. The Labute approximate surface area is 168 Å². The standard InChI is InChI=1S/C21H34N4O3/c1-4-5-6-7-8-9-10-28-19-17(26-2)12-15(13-18(19)27-3)11-16-14-24-21(23)25-20(16)22/h12-13,16H,4-11,14H2,1-3H3,(H4,22,23,24,25). The van der Waals surface area contributed by atoms with Crippen molar-refractivity contribution in [2.75, 3.05) is 27.4 Å². The Balaban J connectivity index is 2.00. The molecule has 156 valence electrons. The van der Waals surface area contributed by atoms with Gasteiger partial charge in [0.05, 0.1) is 27.4 Å². The molecule has 1 aliphatic rings. The molecule has 0 saturated carbocycles. The smallest absolute Gasteiger partial charge is 0.217 e. The van der Waals surface area contributed by atoms with Crippen molar-refractivity contribution < 1.29 is 14.2 Å². The van der Waals surface area contributed by atoms with Crippen LogP contribution in [0.15, 0.2) is 22.1 Å². The summed E-state index contributed by atoms with van der Waals surface area (Å²) in [5, 5.41) is 0. The minimum Gasteiger partial charge on any atom is -0.493 e. The van der Waals surface area contributed by atoms with Gasteiger partial charge in [-0.15, -0.1) is 0 Å². The molecule has 1 aromatic carbocycles. The van der Waals surface area contributed by atoms with Crippen molar-refractivity contribution in [2.24, 2.45) is 27.4 Å². The maximum absolute atomic E-state index is 6.01. The highest BCUT2D eigenvalue weighted by Gasteiger charge is 2.21. The van der Waals surface area contributed by atoms with Crippen molar-refractivity contribution in [1.29, 1.82) is 0 Å². The largest absolute Gasteiger partial charge is 0.493 e. The highest BCUT2D eigenvalue weighted by Crippen LogP contribution is 2.39. The van der Waals surface area contributed by atoms with E-state index in [0.29, 0.717) is 42.7 Å². The third-order valence-electron chi connectivity index (χ3n) is 4.88. The molecule has 0 fully saturated rings. The number of amidine groups is 1. The minimum absolute atomic E-state index is 0.0107. The number of nitrogens with zero attached hydrogens (tertiary/aromatic N) is 2. The lowest BCUT2D eigenvalue weighted by atomic mass is 9.97. The summed E-state index contributed by atoms with van der Waals surface area (Å²) in [6.45, 7) is 3.40. The van der Waals surface area contributed by atoms with Gasteiger partial charge in [-0.3, -0.25) is 4.99 Å². The van der Waals surface area contributed by atoms with Gasteiger partial charge in [0, 0.05) is 5.92 Å². The van der Waals surface area contributed by atoms with Gasteiger partial charge in [0.2, 0.25) is 11.7 Å². The second-order valence-corrected chi connectivity index (χ2v) is 7.08. The fourth-order valence-corrected chi connectivity index (χ4v) is 3.26. The van der Waals surface area contributed by atoms with Crippen LogP contribution in [-0.2, 0) is 6.42 Å². The van der Waals surface area contributed by atoms with Crippen molar-refractivity contribution in [1.82, 2.24) is 0 Å². The number of aliphatic imine (C=N–C) groups is 2. The first-order valence-electron chi connectivity index (χ1n) is 10.1. The van der Waals surface area contributed by atoms with Gasteiger partial charge >= 0.3 is 0 Å². The Kier molecular flexibility index (Phi) is 8.91. The first-order chi connectivity index (χ1) is 13.6. The summed E-state index contributed by atoms with van der Waals surface area (Å²) >= 11 is 0. The molecule has 0 aliphatic carbocycles. The zero-order chi connectivity index (χ0) is 20.4. The fraction of sp³-hybridized carbons (Fsp3) is 0.619. The monoisotopic (exact) mass is 390 g/mol. The normalized spacial score (nSPS) is 16.3. The molecule has 0 aromatic heterocycles. The van der Waals surface area contributed by atoms with Crippen LogP contribution in [0.1, 0.15) is 51.0 Å². The Morgan fingerprint density at radius 2 is 1.64 bits per heavy atom. The molecule has 0 amide bonds. The Bertz CT molecular complexity index is 663. The van der Waals surface area contributed by atoms with Gasteiger partial charge in [-0.05, 0) is 30.5 Å². The number of methoxy groups -OCH3 is 2. The van der Waals surface area contributed by atoms with E-state index in [9.17, 15) is 0 Å². The maximum atomic E-state index is 6.01. The van der Waals surface area contributed by atoms with Crippen LogP contribution in [0.25, 0.3) is 0 Å². The van der Waals surface area contributed by atoms with Crippen LogP contribution in [0.4, 0.5) is 0 Å². The number of unbranched alkanes of at least 4 members (excludes halogenated alkanes) is 5. The summed E-state index contributed by atoms with van der Waals surface area (Å²) in [7, 11) is 3.27. The topological polar surface area (TPSA) is 104 Å². The summed E-state index contributed by atoms with van der Waals surface area (Å²) in [6, 6.07) is 3.93. The number of benzene rings is 1. The van der Waals surface area contributed by atoms with Crippen LogP contribution in [0.3, 0.4) is 0 Å². The van der Waals surface area contributed by atoms with E-state index in [1.54, 1.807) is 14.2 Å². The molecule has 1 heterocycles. The number of rotatable bonds is 12. The summed E-state index contributed by atoms with van der Waals surface area (Å²) in [4.78, 5) is 8.25. The van der Waals surface area contributed by atoms with Crippen LogP contribution in [0, 0.1) is 5.92 Å². The van der Waals surface area contributed by atoms with E-state index in [2.05, 4.69) is 16.9 Å². The lowest BCUT2D eigenvalue weighted by molar-refractivity contribution is 0.267.